The summed E-state index contributed by atoms with van der Waals surface area (Å²) in [6, 6.07) is 16.5. The van der Waals surface area contributed by atoms with Gasteiger partial charge in [0.2, 0.25) is 10.0 Å². The lowest BCUT2D eigenvalue weighted by Gasteiger charge is -2.21. The summed E-state index contributed by atoms with van der Waals surface area (Å²) in [6.07, 6.45) is 0. The number of carbonyl (C=O) groups is 2. The molecule has 0 atom stereocenters. The van der Waals surface area contributed by atoms with Crippen molar-refractivity contribution >= 4 is 38.2 Å². The van der Waals surface area contributed by atoms with Crippen LogP contribution in [0.3, 0.4) is 0 Å². The molecule has 9 heteroatoms. The van der Waals surface area contributed by atoms with Crippen molar-refractivity contribution < 1.29 is 18.0 Å². The molecule has 1 heterocycles. The number of carbonyl (C=O) groups excluding carboxylic acids is 2. The molecule has 3 rings (SSSR count). The van der Waals surface area contributed by atoms with Crippen molar-refractivity contribution in [1.82, 2.24) is 4.31 Å². The third-order valence-electron chi connectivity index (χ3n) is 4.80. The zero-order chi connectivity index (χ0) is 22.8. The Balaban J connectivity index is 1.85. The molecule has 0 bridgehead atoms. The van der Waals surface area contributed by atoms with Gasteiger partial charge >= 0.3 is 0 Å². The summed E-state index contributed by atoms with van der Waals surface area (Å²) in [5.41, 5.74) is 6.87. The summed E-state index contributed by atoms with van der Waals surface area (Å²) in [7, 11) is -2.14. The van der Waals surface area contributed by atoms with Crippen LogP contribution in [0, 0.1) is 0 Å². The first-order chi connectivity index (χ1) is 14.6. The summed E-state index contributed by atoms with van der Waals surface area (Å²) in [4.78, 5) is 25.5. The van der Waals surface area contributed by atoms with Crippen molar-refractivity contribution in [2.24, 2.45) is 5.73 Å². The maximum Gasteiger partial charge on any atom is 0.256 e. The standard InChI is InChI=1S/C22H23N3O4S2/c1-14(2)25(3)31(28,29)17-11-9-16(10-12-17)21(27)24-22-18(20(23)26)13-19(30-22)15-7-5-4-6-8-15/h4-14H,1-3H3,(H2,23,26)(H,24,27). The highest BCUT2D eigenvalue weighted by Crippen LogP contribution is 2.35. The number of rotatable bonds is 7. The van der Waals surface area contributed by atoms with E-state index in [1.54, 1.807) is 19.9 Å². The van der Waals surface area contributed by atoms with Gasteiger partial charge in [0.05, 0.1) is 10.5 Å². The first kappa shape index (κ1) is 22.7. The number of primary amides is 1. The van der Waals surface area contributed by atoms with Gasteiger partial charge in [-0.05, 0) is 49.7 Å². The first-order valence-corrected chi connectivity index (χ1v) is 11.8. The van der Waals surface area contributed by atoms with E-state index in [2.05, 4.69) is 5.32 Å². The van der Waals surface area contributed by atoms with Crippen LogP contribution in [0.2, 0.25) is 0 Å². The molecule has 1 aromatic heterocycles. The zero-order valence-electron chi connectivity index (χ0n) is 17.3. The maximum absolute atomic E-state index is 12.7. The molecular formula is C22H23N3O4S2. The van der Waals surface area contributed by atoms with Crippen molar-refractivity contribution in [1.29, 1.82) is 0 Å². The molecule has 3 N–H and O–H groups in total. The lowest BCUT2D eigenvalue weighted by molar-refractivity contribution is 0.100. The van der Waals surface area contributed by atoms with E-state index in [9.17, 15) is 18.0 Å². The monoisotopic (exact) mass is 457 g/mol. The van der Waals surface area contributed by atoms with Gasteiger partial charge in [-0.3, -0.25) is 9.59 Å². The van der Waals surface area contributed by atoms with Crippen LogP contribution in [-0.2, 0) is 10.0 Å². The van der Waals surface area contributed by atoms with Gasteiger partial charge < -0.3 is 11.1 Å². The van der Waals surface area contributed by atoms with Gasteiger partial charge in [0.1, 0.15) is 5.00 Å². The van der Waals surface area contributed by atoms with Crippen molar-refractivity contribution in [3.8, 4) is 10.4 Å². The van der Waals surface area contributed by atoms with E-state index in [4.69, 9.17) is 5.73 Å². The molecule has 0 saturated heterocycles. The molecule has 0 unspecified atom stereocenters. The minimum absolute atomic E-state index is 0.0977. The smallest absolute Gasteiger partial charge is 0.256 e. The van der Waals surface area contributed by atoms with Crippen LogP contribution in [0.25, 0.3) is 10.4 Å². The number of anilines is 1. The number of hydrogen-bond acceptors (Lipinski definition) is 5. The van der Waals surface area contributed by atoms with Crippen molar-refractivity contribution in [3.05, 3.63) is 71.8 Å². The van der Waals surface area contributed by atoms with Crippen molar-refractivity contribution in [3.63, 3.8) is 0 Å². The van der Waals surface area contributed by atoms with Gasteiger partial charge in [0, 0.05) is 23.5 Å². The van der Waals surface area contributed by atoms with E-state index in [0.29, 0.717) is 5.00 Å². The number of thiophene rings is 1. The molecule has 2 amide bonds. The Labute approximate surface area is 185 Å². The van der Waals surface area contributed by atoms with Gasteiger partial charge in [-0.15, -0.1) is 11.3 Å². The topological polar surface area (TPSA) is 110 Å². The van der Waals surface area contributed by atoms with E-state index >= 15 is 0 Å². The molecule has 0 radical (unpaired) electrons. The quantitative estimate of drug-likeness (QED) is 0.562. The predicted molar refractivity (Wildman–Crippen MR) is 123 cm³/mol. The van der Waals surface area contributed by atoms with E-state index < -0.39 is 21.8 Å². The number of hydrogen-bond donors (Lipinski definition) is 2. The Morgan fingerprint density at radius 2 is 1.65 bits per heavy atom. The van der Waals surface area contributed by atoms with Crippen LogP contribution in [0.4, 0.5) is 5.00 Å². The molecular weight excluding hydrogens is 434 g/mol. The number of nitrogens with one attached hydrogen (secondary N) is 1. The third kappa shape index (κ3) is 4.84. The second-order valence-corrected chi connectivity index (χ2v) is 10.2. The van der Waals surface area contributed by atoms with E-state index in [0.717, 1.165) is 10.4 Å². The van der Waals surface area contributed by atoms with Crippen LogP contribution in [0.1, 0.15) is 34.6 Å². The van der Waals surface area contributed by atoms with Crippen LogP contribution >= 0.6 is 11.3 Å². The Morgan fingerprint density at radius 3 is 2.19 bits per heavy atom. The summed E-state index contributed by atoms with van der Waals surface area (Å²) < 4.78 is 26.4. The van der Waals surface area contributed by atoms with Crippen LogP contribution in [0.15, 0.2) is 65.6 Å². The van der Waals surface area contributed by atoms with Crippen molar-refractivity contribution in [2.75, 3.05) is 12.4 Å². The third-order valence-corrected chi connectivity index (χ3v) is 7.95. The summed E-state index contributed by atoms with van der Waals surface area (Å²) >= 11 is 1.24. The van der Waals surface area contributed by atoms with Gasteiger partial charge in [-0.2, -0.15) is 4.31 Å². The molecule has 0 aliphatic heterocycles. The van der Waals surface area contributed by atoms with E-state index in [-0.39, 0.29) is 22.1 Å². The molecule has 0 saturated carbocycles. The molecule has 3 aromatic rings. The highest BCUT2D eigenvalue weighted by Gasteiger charge is 2.23. The fourth-order valence-corrected chi connectivity index (χ4v) is 5.24. The van der Waals surface area contributed by atoms with E-state index in [1.165, 1.54) is 47.0 Å². The summed E-state index contributed by atoms with van der Waals surface area (Å²) in [5, 5.41) is 3.06. The number of nitrogens with two attached hydrogens (primary N) is 1. The second-order valence-electron chi connectivity index (χ2n) is 7.18. The highest BCUT2D eigenvalue weighted by atomic mass is 32.2. The Hall–Kier alpha value is -3.01. The highest BCUT2D eigenvalue weighted by molar-refractivity contribution is 7.89. The fourth-order valence-electron chi connectivity index (χ4n) is 2.81. The molecule has 162 valence electrons. The Morgan fingerprint density at radius 1 is 1.03 bits per heavy atom. The molecule has 7 nitrogen and oxygen atoms in total. The minimum atomic E-state index is -3.64. The molecule has 0 spiro atoms. The second kappa shape index (κ2) is 9.01. The van der Waals surface area contributed by atoms with E-state index in [1.807, 2.05) is 30.3 Å². The minimum Gasteiger partial charge on any atom is -0.366 e. The number of amides is 2. The van der Waals surface area contributed by atoms with Gasteiger partial charge in [-0.1, -0.05) is 30.3 Å². The molecule has 2 aromatic carbocycles. The normalized spacial score (nSPS) is 11.6. The first-order valence-electron chi connectivity index (χ1n) is 9.49. The van der Waals surface area contributed by atoms with Crippen LogP contribution in [0.5, 0.6) is 0 Å². The average Bonchev–Trinajstić information content (AvgIpc) is 3.18. The van der Waals surface area contributed by atoms with Gasteiger partial charge in [0.15, 0.2) is 0 Å². The average molecular weight is 458 g/mol. The lowest BCUT2D eigenvalue weighted by Crippen LogP contribution is -2.33. The summed E-state index contributed by atoms with van der Waals surface area (Å²) in [5.74, 6) is -1.11. The number of benzene rings is 2. The number of sulfonamides is 1. The van der Waals surface area contributed by atoms with Crippen molar-refractivity contribution in [2.45, 2.75) is 24.8 Å². The molecule has 0 fully saturated rings. The van der Waals surface area contributed by atoms with Crippen LogP contribution in [-0.4, -0.2) is 37.6 Å². The largest absolute Gasteiger partial charge is 0.366 e. The predicted octanol–water partition coefficient (Wildman–Crippen LogP) is 3.80. The Bertz CT molecular complexity index is 1200. The Kier molecular flexibility index (Phi) is 6.59. The fraction of sp³-hybridized carbons (Fsp3) is 0.182. The number of nitrogens with zero attached hydrogens (tertiary/aromatic N) is 1. The SMILES string of the molecule is CC(C)N(C)S(=O)(=O)c1ccc(C(=O)Nc2sc(-c3ccccc3)cc2C(N)=O)cc1. The molecule has 0 aliphatic carbocycles. The summed E-state index contributed by atoms with van der Waals surface area (Å²) in [6.45, 7) is 3.56. The van der Waals surface area contributed by atoms with Crippen LogP contribution < -0.4 is 11.1 Å². The lowest BCUT2D eigenvalue weighted by atomic mass is 10.1. The molecule has 31 heavy (non-hydrogen) atoms. The molecule has 0 aliphatic rings. The van der Waals surface area contributed by atoms with Gasteiger partial charge in [-0.25, -0.2) is 8.42 Å². The zero-order valence-corrected chi connectivity index (χ0v) is 19.0. The maximum atomic E-state index is 12.7. The van der Waals surface area contributed by atoms with Gasteiger partial charge in [0.25, 0.3) is 11.8 Å².